The highest BCUT2D eigenvalue weighted by molar-refractivity contribution is 5.29. The Labute approximate surface area is 128 Å². The van der Waals surface area contributed by atoms with Crippen LogP contribution in [0.25, 0.3) is 0 Å². The van der Waals surface area contributed by atoms with Crippen molar-refractivity contribution in [1.82, 2.24) is 9.80 Å². The summed E-state index contributed by atoms with van der Waals surface area (Å²) in [6.45, 7) is 5.61. The van der Waals surface area contributed by atoms with Gasteiger partial charge in [-0.15, -0.1) is 0 Å². The van der Waals surface area contributed by atoms with Crippen LogP contribution in [0.5, 0.6) is 0 Å². The Hall–Kier alpha value is -0.900. The molecule has 1 aliphatic carbocycles. The van der Waals surface area contributed by atoms with Crippen molar-refractivity contribution in [3.63, 3.8) is 0 Å². The molecule has 0 spiro atoms. The van der Waals surface area contributed by atoms with Gasteiger partial charge in [-0.3, -0.25) is 9.80 Å². The van der Waals surface area contributed by atoms with Crippen LogP contribution in [0.1, 0.15) is 30.4 Å². The zero-order chi connectivity index (χ0) is 14.3. The van der Waals surface area contributed by atoms with Crippen molar-refractivity contribution in [2.45, 2.75) is 43.7 Å². The van der Waals surface area contributed by atoms with Crippen molar-refractivity contribution in [1.29, 1.82) is 0 Å². The number of benzene rings is 1. The van der Waals surface area contributed by atoms with Crippen molar-refractivity contribution in [3.8, 4) is 0 Å². The smallest absolute Gasteiger partial charge is 0.0470 e. The van der Waals surface area contributed by atoms with Crippen LogP contribution in [0.2, 0.25) is 0 Å². The highest BCUT2D eigenvalue weighted by Crippen LogP contribution is 2.36. The molecule has 21 heavy (non-hydrogen) atoms. The number of hydrogen-bond acceptors (Lipinski definition) is 3. The molecule has 0 radical (unpaired) electrons. The summed E-state index contributed by atoms with van der Waals surface area (Å²) in [4.78, 5) is 5.42. The van der Waals surface area contributed by atoms with E-state index >= 15 is 0 Å². The first-order valence-electron chi connectivity index (χ1n) is 8.57. The van der Waals surface area contributed by atoms with Crippen molar-refractivity contribution in [3.05, 3.63) is 35.4 Å². The van der Waals surface area contributed by atoms with E-state index in [0.717, 1.165) is 12.6 Å². The third-order valence-electron chi connectivity index (χ3n) is 5.90. The minimum atomic E-state index is 0.241. The first kappa shape index (κ1) is 13.7. The largest absolute Gasteiger partial charge is 0.329 e. The molecule has 3 aliphatic rings. The number of fused-ring (bicyclic) bond motifs is 1. The molecular formula is C18H27N3. The van der Waals surface area contributed by atoms with Gasteiger partial charge in [-0.1, -0.05) is 24.3 Å². The Morgan fingerprint density at radius 1 is 1.05 bits per heavy atom. The molecule has 1 atom stereocenters. The molecule has 114 valence electrons. The third-order valence-corrected chi connectivity index (χ3v) is 5.90. The minimum absolute atomic E-state index is 0.241. The SMILES string of the molecule is NCC1(N2CCc3ccccc3CC2)CCN(C2CC2)C1. The number of rotatable bonds is 3. The van der Waals surface area contributed by atoms with Crippen molar-refractivity contribution in [2.75, 3.05) is 32.7 Å². The summed E-state index contributed by atoms with van der Waals surface area (Å²) >= 11 is 0. The lowest BCUT2D eigenvalue weighted by atomic mass is 9.95. The summed E-state index contributed by atoms with van der Waals surface area (Å²) in [5.74, 6) is 0. The molecular weight excluding hydrogens is 258 g/mol. The van der Waals surface area contributed by atoms with E-state index in [2.05, 4.69) is 34.1 Å². The zero-order valence-electron chi connectivity index (χ0n) is 12.9. The van der Waals surface area contributed by atoms with E-state index in [0.29, 0.717) is 0 Å². The van der Waals surface area contributed by atoms with Crippen LogP contribution in [0.15, 0.2) is 24.3 Å². The predicted octanol–water partition coefficient (Wildman–Crippen LogP) is 1.65. The average molecular weight is 285 g/mol. The fourth-order valence-electron chi connectivity index (χ4n) is 4.34. The van der Waals surface area contributed by atoms with E-state index in [9.17, 15) is 0 Å². The molecule has 4 rings (SSSR count). The fraction of sp³-hybridized carbons (Fsp3) is 0.667. The number of hydrogen-bond donors (Lipinski definition) is 1. The maximum Gasteiger partial charge on any atom is 0.0470 e. The van der Waals surface area contributed by atoms with E-state index in [4.69, 9.17) is 5.73 Å². The summed E-state index contributed by atoms with van der Waals surface area (Å²) in [6, 6.07) is 9.84. The van der Waals surface area contributed by atoms with Gasteiger partial charge in [0.25, 0.3) is 0 Å². The maximum atomic E-state index is 6.27. The Kier molecular flexibility index (Phi) is 3.52. The molecule has 1 saturated heterocycles. The lowest BCUT2D eigenvalue weighted by Crippen LogP contribution is -2.56. The molecule has 1 aromatic rings. The van der Waals surface area contributed by atoms with Crippen LogP contribution in [-0.2, 0) is 12.8 Å². The molecule has 0 amide bonds. The van der Waals surface area contributed by atoms with Crippen LogP contribution in [0, 0.1) is 0 Å². The van der Waals surface area contributed by atoms with Gasteiger partial charge in [0, 0.05) is 44.3 Å². The lowest BCUT2D eigenvalue weighted by molar-refractivity contribution is 0.102. The standard InChI is InChI=1S/C18H27N3/c19-13-18(9-12-20(14-18)17-5-6-17)21-10-7-15-3-1-2-4-16(15)8-11-21/h1-4,17H,5-14,19H2. The minimum Gasteiger partial charge on any atom is -0.329 e. The molecule has 2 fully saturated rings. The Balaban J connectivity index is 1.50. The van der Waals surface area contributed by atoms with Crippen LogP contribution >= 0.6 is 0 Å². The van der Waals surface area contributed by atoms with E-state index < -0.39 is 0 Å². The molecule has 2 aliphatic heterocycles. The van der Waals surface area contributed by atoms with Gasteiger partial charge in [-0.2, -0.15) is 0 Å². The molecule has 3 heteroatoms. The second-order valence-electron chi connectivity index (χ2n) is 7.14. The summed E-state index contributed by atoms with van der Waals surface area (Å²) in [7, 11) is 0. The van der Waals surface area contributed by atoms with Crippen molar-refractivity contribution < 1.29 is 0 Å². The summed E-state index contributed by atoms with van der Waals surface area (Å²) in [5.41, 5.74) is 9.60. The van der Waals surface area contributed by atoms with Crippen LogP contribution in [0.4, 0.5) is 0 Å². The second-order valence-corrected chi connectivity index (χ2v) is 7.14. The van der Waals surface area contributed by atoms with Crippen LogP contribution in [0.3, 0.4) is 0 Å². The maximum absolute atomic E-state index is 6.27. The van der Waals surface area contributed by atoms with Gasteiger partial charge in [0.1, 0.15) is 0 Å². The zero-order valence-corrected chi connectivity index (χ0v) is 12.9. The highest BCUT2D eigenvalue weighted by Gasteiger charge is 2.45. The first-order valence-corrected chi connectivity index (χ1v) is 8.57. The van der Waals surface area contributed by atoms with Gasteiger partial charge in [0.2, 0.25) is 0 Å². The second kappa shape index (κ2) is 5.38. The molecule has 0 bridgehead atoms. The number of likely N-dealkylation sites (tertiary alicyclic amines) is 1. The molecule has 3 nitrogen and oxygen atoms in total. The number of nitrogens with two attached hydrogens (primary N) is 1. The predicted molar refractivity (Wildman–Crippen MR) is 86.4 cm³/mol. The van der Waals surface area contributed by atoms with Crippen LogP contribution in [-0.4, -0.2) is 54.1 Å². The Morgan fingerprint density at radius 2 is 1.71 bits per heavy atom. The van der Waals surface area contributed by atoms with Gasteiger partial charge in [-0.05, 0) is 43.2 Å². The Bertz CT molecular complexity index is 484. The van der Waals surface area contributed by atoms with Gasteiger partial charge in [0.15, 0.2) is 0 Å². The molecule has 1 aromatic carbocycles. The topological polar surface area (TPSA) is 32.5 Å². The van der Waals surface area contributed by atoms with Gasteiger partial charge < -0.3 is 5.73 Å². The molecule has 2 N–H and O–H groups in total. The molecule has 1 unspecified atom stereocenters. The summed E-state index contributed by atoms with van der Waals surface area (Å²) in [6.07, 6.45) is 6.44. The third kappa shape index (κ3) is 2.52. The number of nitrogens with zero attached hydrogens (tertiary/aromatic N) is 2. The van der Waals surface area contributed by atoms with E-state index in [-0.39, 0.29) is 5.54 Å². The molecule has 2 heterocycles. The monoisotopic (exact) mass is 285 g/mol. The normalized spacial score (nSPS) is 31.1. The Morgan fingerprint density at radius 3 is 2.29 bits per heavy atom. The van der Waals surface area contributed by atoms with Gasteiger partial charge >= 0.3 is 0 Å². The summed E-state index contributed by atoms with van der Waals surface area (Å²) < 4.78 is 0. The van der Waals surface area contributed by atoms with Crippen molar-refractivity contribution in [2.24, 2.45) is 5.73 Å². The fourth-order valence-corrected chi connectivity index (χ4v) is 4.34. The highest BCUT2D eigenvalue weighted by atomic mass is 15.3. The lowest BCUT2D eigenvalue weighted by Gasteiger charge is -2.40. The average Bonchev–Trinajstić information content (AvgIpc) is 3.31. The quantitative estimate of drug-likeness (QED) is 0.916. The van der Waals surface area contributed by atoms with Crippen LogP contribution < -0.4 is 5.73 Å². The van der Waals surface area contributed by atoms with Crippen molar-refractivity contribution >= 4 is 0 Å². The summed E-state index contributed by atoms with van der Waals surface area (Å²) in [5, 5.41) is 0. The van der Waals surface area contributed by atoms with Gasteiger partial charge in [-0.25, -0.2) is 0 Å². The van der Waals surface area contributed by atoms with E-state index in [1.165, 1.54) is 58.3 Å². The van der Waals surface area contributed by atoms with E-state index in [1.807, 2.05) is 0 Å². The molecule has 0 aromatic heterocycles. The van der Waals surface area contributed by atoms with Gasteiger partial charge in [0.05, 0.1) is 0 Å². The first-order chi connectivity index (χ1) is 10.3. The van der Waals surface area contributed by atoms with E-state index in [1.54, 1.807) is 11.1 Å². The molecule has 1 saturated carbocycles.